The molecule has 1 aliphatic carbocycles. The van der Waals surface area contributed by atoms with Crippen molar-refractivity contribution in [3.05, 3.63) is 23.0 Å². The third-order valence-corrected chi connectivity index (χ3v) is 2.32. The summed E-state index contributed by atoms with van der Waals surface area (Å²) in [4.78, 5) is 0. The molecule has 0 saturated carbocycles. The molecule has 0 atom stereocenters. The second kappa shape index (κ2) is 3.63. The van der Waals surface area contributed by atoms with Gasteiger partial charge in [-0.3, -0.25) is 0 Å². The second-order valence-electron chi connectivity index (χ2n) is 4.36. The lowest BCUT2D eigenvalue weighted by molar-refractivity contribution is 0.143. The first-order valence-electron chi connectivity index (χ1n) is 5.16. The number of fused-ring (bicyclic) bond motifs is 1. The Balaban J connectivity index is 2.27. The molecule has 1 heterocycles. The van der Waals surface area contributed by atoms with Crippen molar-refractivity contribution in [2.24, 2.45) is 0 Å². The summed E-state index contributed by atoms with van der Waals surface area (Å²) in [6.45, 7) is 3.31. The van der Waals surface area contributed by atoms with Crippen molar-refractivity contribution < 1.29 is 5.11 Å². The Morgan fingerprint density at radius 2 is 2.13 bits per heavy atom. The topological polar surface area (TPSA) is 46.0 Å². The standard InChI is InChI=1S/C12H14N2O/c1-12(2,15)7-6-10-8-9-4-3-5-11(9)14-13-10/h8,15H,3-5H2,1-2H3. The van der Waals surface area contributed by atoms with Gasteiger partial charge in [0.05, 0.1) is 5.69 Å². The molecule has 0 fully saturated rings. The Morgan fingerprint density at radius 3 is 2.87 bits per heavy atom. The van der Waals surface area contributed by atoms with Gasteiger partial charge in [0.2, 0.25) is 0 Å². The van der Waals surface area contributed by atoms with E-state index in [1.54, 1.807) is 13.8 Å². The maximum absolute atomic E-state index is 9.45. The third-order valence-electron chi connectivity index (χ3n) is 2.32. The van der Waals surface area contributed by atoms with E-state index in [-0.39, 0.29) is 0 Å². The van der Waals surface area contributed by atoms with Gasteiger partial charge in [-0.1, -0.05) is 5.92 Å². The summed E-state index contributed by atoms with van der Waals surface area (Å²) >= 11 is 0. The number of aryl methyl sites for hydroxylation is 2. The minimum Gasteiger partial charge on any atom is -0.378 e. The quantitative estimate of drug-likeness (QED) is 0.640. The van der Waals surface area contributed by atoms with Gasteiger partial charge in [-0.25, -0.2) is 0 Å². The number of rotatable bonds is 0. The van der Waals surface area contributed by atoms with Gasteiger partial charge in [-0.2, -0.15) is 5.10 Å². The van der Waals surface area contributed by atoms with Gasteiger partial charge >= 0.3 is 0 Å². The summed E-state index contributed by atoms with van der Waals surface area (Å²) < 4.78 is 0. The molecular formula is C12H14N2O. The maximum atomic E-state index is 9.45. The van der Waals surface area contributed by atoms with Crippen LogP contribution >= 0.6 is 0 Å². The van der Waals surface area contributed by atoms with Crippen LogP contribution in [0.4, 0.5) is 0 Å². The molecule has 0 amide bonds. The smallest absolute Gasteiger partial charge is 0.136 e. The van der Waals surface area contributed by atoms with Gasteiger partial charge in [0.1, 0.15) is 11.3 Å². The van der Waals surface area contributed by atoms with Crippen LogP contribution in [0.5, 0.6) is 0 Å². The van der Waals surface area contributed by atoms with E-state index in [4.69, 9.17) is 0 Å². The minimum atomic E-state index is -0.972. The lowest BCUT2D eigenvalue weighted by atomic mass is 10.1. The molecule has 0 aromatic carbocycles. The van der Waals surface area contributed by atoms with Crippen molar-refractivity contribution in [2.75, 3.05) is 0 Å². The fourth-order valence-electron chi connectivity index (χ4n) is 1.61. The Kier molecular flexibility index (Phi) is 2.45. The molecular weight excluding hydrogens is 188 g/mol. The third kappa shape index (κ3) is 2.54. The molecule has 1 aliphatic rings. The number of aliphatic hydroxyl groups is 1. The van der Waals surface area contributed by atoms with Crippen LogP contribution in [-0.2, 0) is 12.8 Å². The molecule has 0 unspecified atom stereocenters. The molecule has 3 heteroatoms. The van der Waals surface area contributed by atoms with Crippen LogP contribution in [0.25, 0.3) is 0 Å². The zero-order valence-electron chi connectivity index (χ0n) is 9.04. The van der Waals surface area contributed by atoms with E-state index in [1.807, 2.05) is 6.07 Å². The average molecular weight is 202 g/mol. The number of aromatic nitrogens is 2. The highest BCUT2D eigenvalue weighted by Crippen LogP contribution is 2.18. The predicted molar refractivity (Wildman–Crippen MR) is 57.2 cm³/mol. The van der Waals surface area contributed by atoms with E-state index in [0.717, 1.165) is 25.0 Å². The normalized spacial score (nSPS) is 14.3. The summed E-state index contributed by atoms with van der Waals surface area (Å²) in [6.07, 6.45) is 3.26. The molecule has 1 N–H and O–H groups in total. The molecule has 0 radical (unpaired) electrons. The number of nitrogens with zero attached hydrogens (tertiary/aromatic N) is 2. The summed E-state index contributed by atoms with van der Waals surface area (Å²) in [7, 11) is 0. The van der Waals surface area contributed by atoms with Crippen LogP contribution in [0.2, 0.25) is 0 Å². The maximum Gasteiger partial charge on any atom is 0.136 e. The SMILES string of the molecule is CC(C)(O)C#Cc1cc2c(nn1)CCC2. The average Bonchev–Trinajstić information content (AvgIpc) is 2.60. The van der Waals surface area contributed by atoms with Crippen LogP contribution in [-0.4, -0.2) is 20.9 Å². The summed E-state index contributed by atoms with van der Waals surface area (Å²) in [5, 5.41) is 17.6. The van der Waals surface area contributed by atoms with Crippen LogP contribution < -0.4 is 0 Å². The van der Waals surface area contributed by atoms with E-state index in [9.17, 15) is 5.11 Å². The van der Waals surface area contributed by atoms with E-state index in [2.05, 4.69) is 22.0 Å². The van der Waals surface area contributed by atoms with Gasteiger partial charge in [0, 0.05) is 0 Å². The first-order valence-corrected chi connectivity index (χ1v) is 5.16. The molecule has 0 saturated heterocycles. The van der Waals surface area contributed by atoms with Gasteiger partial charge in [-0.05, 0) is 50.7 Å². The summed E-state index contributed by atoms with van der Waals surface area (Å²) in [5.74, 6) is 5.57. The molecule has 15 heavy (non-hydrogen) atoms. The first-order chi connectivity index (χ1) is 7.04. The first kappa shape index (κ1) is 10.1. The van der Waals surface area contributed by atoms with Gasteiger partial charge in [0.25, 0.3) is 0 Å². The highest BCUT2D eigenvalue weighted by molar-refractivity contribution is 5.35. The van der Waals surface area contributed by atoms with Gasteiger partial charge in [0.15, 0.2) is 0 Å². The van der Waals surface area contributed by atoms with Crippen molar-refractivity contribution >= 4 is 0 Å². The van der Waals surface area contributed by atoms with E-state index < -0.39 is 5.60 Å². The van der Waals surface area contributed by atoms with E-state index in [1.165, 1.54) is 5.56 Å². The zero-order chi connectivity index (χ0) is 10.9. The van der Waals surface area contributed by atoms with E-state index >= 15 is 0 Å². The highest BCUT2D eigenvalue weighted by atomic mass is 16.3. The number of hydrogen-bond acceptors (Lipinski definition) is 3. The van der Waals surface area contributed by atoms with E-state index in [0.29, 0.717) is 5.69 Å². The fraction of sp³-hybridized carbons (Fsp3) is 0.500. The monoisotopic (exact) mass is 202 g/mol. The Labute approximate surface area is 89.5 Å². The number of hydrogen-bond donors (Lipinski definition) is 1. The Bertz CT molecular complexity index is 435. The summed E-state index contributed by atoms with van der Waals surface area (Å²) in [5.41, 5.74) is 2.03. The highest BCUT2D eigenvalue weighted by Gasteiger charge is 2.13. The predicted octanol–water partition coefficient (Wildman–Crippen LogP) is 1.09. The largest absolute Gasteiger partial charge is 0.378 e. The minimum absolute atomic E-state index is 0.651. The summed E-state index contributed by atoms with van der Waals surface area (Å²) in [6, 6.07) is 1.98. The van der Waals surface area contributed by atoms with Crippen molar-refractivity contribution in [1.82, 2.24) is 10.2 Å². The van der Waals surface area contributed by atoms with Gasteiger partial charge in [-0.15, -0.1) is 5.10 Å². The molecule has 1 aromatic rings. The van der Waals surface area contributed by atoms with Crippen molar-refractivity contribution in [1.29, 1.82) is 0 Å². The van der Waals surface area contributed by atoms with Crippen molar-refractivity contribution in [3.63, 3.8) is 0 Å². The lowest BCUT2D eigenvalue weighted by Crippen LogP contribution is -2.14. The van der Waals surface area contributed by atoms with Crippen LogP contribution in [0.3, 0.4) is 0 Å². The fourth-order valence-corrected chi connectivity index (χ4v) is 1.61. The zero-order valence-corrected chi connectivity index (χ0v) is 9.04. The molecule has 0 aliphatic heterocycles. The van der Waals surface area contributed by atoms with Crippen molar-refractivity contribution in [2.45, 2.75) is 38.7 Å². The Morgan fingerprint density at radius 1 is 1.33 bits per heavy atom. The Hall–Kier alpha value is -1.40. The second-order valence-corrected chi connectivity index (χ2v) is 4.36. The molecule has 0 bridgehead atoms. The van der Waals surface area contributed by atoms with Crippen LogP contribution in [0, 0.1) is 11.8 Å². The van der Waals surface area contributed by atoms with Crippen LogP contribution in [0.1, 0.15) is 37.2 Å². The van der Waals surface area contributed by atoms with Crippen molar-refractivity contribution in [3.8, 4) is 11.8 Å². The molecule has 1 aromatic heterocycles. The van der Waals surface area contributed by atoms with Crippen LogP contribution in [0.15, 0.2) is 6.07 Å². The molecule has 2 rings (SSSR count). The lowest BCUT2D eigenvalue weighted by Gasteiger charge is -2.05. The molecule has 3 nitrogen and oxygen atoms in total. The molecule has 78 valence electrons. The van der Waals surface area contributed by atoms with Gasteiger partial charge < -0.3 is 5.11 Å². The molecule has 0 spiro atoms.